The Kier molecular flexibility index (Phi) is 5.16. The number of hydrogen-bond acceptors (Lipinski definition) is 4. The second-order valence-corrected chi connectivity index (χ2v) is 4.68. The number of aromatic nitrogens is 1. The number of azo groups is 2. The van der Waals surface area contributed by atoms with Crippen LogP contribution in [0.4, 0.5) is 15.3 Å². The van der Waals surface area contributed by atoms with Gasteiger partial charge in [-0.1, -0.05) is 28.4 Å². The van der Waals surface area contributed by atoms with E-state index in [-0.39, 0.29) is 6.54 Å². The van der Waals surface area contributed by atoms with Crippen molar-refractivity contribution in [3.8, 4) is 0 Å². The van der Waals surface area contributed by atoms with Crippen molar-refractivity contribution in [2.75, 3.05) is 0 Å². The van der Waals surface area contributed by atoms with E-state index in [2.05, 4.69) is 10.1 Å². The molecule has 1 heterocycles. The van der Waals surface area contributed by atoms with Crippen molar-refractivity contribution in [2.24, 2.45) is 10.8 Å². The Morgan fingerprint density at radius 3 is 2.77 bits per heavy atom. The SMILES string of the molecule is NC(=O)NC(=O)[N+](=NCc1cccnc1)c1cccc(Cl)c1. The summed E-state index contributed by atoms with van der Waals surface area (Å²) in [5.41, 5.74) is 6.19. The van der Waals surface area contributed by atoms with E-state index in [1.54, 1.807) is 42.7 Å². The monoisotopic (exact) mass is 318 g/mol. The minimum atomic E-state index is -0.964. The molecule has 0 aliphatic rings. The summed E-state index contributed by atoms with van der Waals surface area (Å²) in [7, 11) is 0. The predicted molar refractivity (Wildman–Crippen MR) is 79.9 cm³/mol. The molecular formula is C14H13ClN5O2+. The van der Waals surface area contributed by atoms with Crippen LogP contribution >= 0.6 is 11.6 Å². The first-order valence-corrected chi connectivity index (χ1v) is 6.66. The molecule has 0 fully saturated rings. The molecular weight excluding hydrogens is 306 g/mol. The average Bonchev–Trinajstić information content (AvgIpc) is 2.48. The van der Waals surface area contributed by atoms with Gasteiger partial charge in [0.2, 0.25) is 0 Å². The van der Waals surface area contributed by atoms with Gasteiger partial charge in [-0.05, 0) is 23.8 Å². The molecule has 2 rings (SSSR count). The Bertz CT molecular complexity index is 718. The molecule has 3 N–H and O–H groups in total. The summed E-state index contributed by atoms with van der Waals surface area (Å²) in [6.45, 7) is 0.201. The highest BCUT2D eigenvalue weighted by atomic mass is 35.5. The number of nitrogens with zero attached hydrogens (tertiary/aromatic N) is 3. The van der Waals surface area contributed by atoms with Crippen molar-refractivity contribution < 1.29 is 14.3 Å². The predicted octanol–water partition coefficient (Wildman–Crippen LogP) is 2.82. The molecule has 0 aliphatic carbocycles. The number of carbonyl (C=O) groups excluding carboxylic acids is 2. The molecule has 0 saturated heterocycles. The number of imide groups is 1. The number of pyridine rings is 1. The van der Waals surface area contributed by atoms with Crippen LogP contribution in [-0.2, 0) is 6.54 Å². The number of urea groups is 2. The van der Waals surface area contributed by atoms with Gasteiger partial charge in [0.1, 0.15) is 6.54 Å². The van der Waals surface area contributed by atoms with Crippen LogP contribution < -0.4 is 11.1 Å². The Hall–Kier alpha value is -2.80. The van der Waals surface area contributed by atoms with Crippen molar-refractivity contribution in [2.45, 2.75) is 6.54 Å². The van der Waals surface area contributed by atoms with Gasteiger partial charge in [-0.25, -0.2) is 4.79 Å². The molecule has 7 nitrogen and oxygen atoms in total. The minimum absolute atomic E-state index is 0.201. The zero-order valence-electron chi connectivity index (χ0n) is 11.4. The quantitative estimate of drug-likeness (QED) is 0.672. The highest BCUT2D eigenvalue weighted by Crippen LogP contribution is 2.19. The zero-order chi connectivity index (χ0) is 15.9. The first-order chi connectivity index (χ1) is 10.6. The van der Waals surface area contributed by atoms with Gasteiger partial charge in [0.25, 0.3) is 0 Å². The number of rotatable bonds is 3. The maximum Gasteiger partial charge on any atom is 0.525 e. The standard InChI is InChI=1S/C14H12ClN5O2/c15-11-4-1-5-12(7-11)20(14(22)19-13(16)21)18-9-10-3-2-6-17-8-10/h1-8H,9H2,(H2-,16,19,21,22)/p+1. The summed E-state index contributed by atoms with van der Waals surface area (Å²) in [4.78, 5) is 26.9. The number of nitrogens with two attached hydrogens (primary N) is 1. The molecule has 0 unspecified atom stereocenters. The van der Waals surface area contributed by atoms with Crippen LogP contribution in [0.5, 0.6) is 0 Å². The highest BCUT2D eigenvalue weighted by molar-refractivity contribution is 6.30. The van der Waals surface area contributed by atoms with Crippen molar-refractivity contribution in [1.82, 2.24) is 10.3 Å². The van der Waals surface area contributed by atoms with Crippen LogP contribution in [0.1, 0.15) is 5.56 Å². The lowest BCUT2D eigenvalue weighted by molar-refractivity contribution is -0.414. The lowest BCUT2D eigenvalue weighted by Crippen LogP contribution is -2.38. The molecule has 22 heavy (non-hydrogen) atoms. The smallest absolute Gasteiger partial charge is 0.331 e. The number of carbonyl (C=O) groups is 2. The number of nitrogens with one attached hydrogen (secondary N) is 1. The van der Waals surface area contributed by atoms with Crippen molar-refractivity contribution in [1.29, 1.82) is 0 Å². The minimum Gasteiger partial charge on any atom is -0.331 e. The highest BCUT2D eigenvalue weighted by Gasteiger charge is 2.23. The van der Waals surface area contributed by atoms with Crippen LogP contribution in [0.2, 0.25) is 5.02 Å². The Balaban J connectivity index is 2.32. The molecule has 0 aliphatic heterocycles. The van der Waals surface area contributed by atoms with E-state index in [4.69, 9.17) is 17.3 Å². The molecule has 4 amide bonds. The summed E-state index contributed by atoms with van der Waals surface area (Å²) < 4.78 is 1.03. The van der Waals surface area contributed by atoms with Gasteiger partial charge in [-0.3, -0.25) is 4.98 Å². The van der Waals surface area contributed by atoms with Gasteiger partial charge >= 0.3 is 12.1 Å². The van der Waals surface area contributed by atoms with Gasteiger partial charge in [0, 0.05) is 23.5 Å². The van der Waals surface area contributed by atoms with Crippen LogP contribution in [0, 0.1) is 0 Å². The summed E-state index contributed by atoms with van der Waals surface area (Å²) >= 11 is 5.91. The fourth-order valence-corrected chi connectivity index (χ4v) is 1.86. The van der Waals surface area contributed by atoms with Crippen LogP contribution in [0.3, 0.4) is 0 Å². The van der Waals surface area contributed by atoms with Crippen LogP contribution in [0.15, 0.2) is 53.9 Å². The molecule has 0 saturated carbocycles. The topological polar surface area (TPSA) is 100 Å². The Labute approximate surface area is 131 Å². The van der Waals surface area contributed by atoms with Gasteiger partial charge in [0.15, 0.2) is 5.69 Å². The fraction of sp³-hybridized carbons (Fsp3) is 0.0714. The summed E-state index contributed by atoms with van der Waals surface area (Å²) in [5, 5.41) is 6.58. The van der Waals surface area contributed by atoms with E-state index in [1.807, 2.05) is 11.4 Å². The van der Waals surface area contributed by atoms with Gasteiger partial charge in [-0.15, -0.1) is 5.11 Å². The number of hydrogen-bond donors (Lipinski definition) is 2. The summed E-state index contributed by atoms with van der Waals surface area (Å²) in [5.74, 6) is 0. The van der Waals surface area contributed by atoms with Crippen molar-refractivity contribution >= 4 is 29.4 Å². The maximum atomic E-state index is 12.0. The third-order valence-electron chi connectivity index (χ3n) is 2.59. The van der Waals surface area contributed by atoms with E-state index in [9.17, 15) is 9.59 Å². The second-order valence-electron chi connectivity index (χ2n) is 4.25. The van der Waals surface area contributed by atoms with Gasteiger partial charge in [0.05, 0.1) is 0 Å². The third-order valence-corrected chi connectivity index (χ3v) is 2.83. The largest absolute Gasteiger partial charge is 0.525 e. The first kappa shape index (κ1) is 15.6. The molecule has 1 aromatic heterocycles. The zero-order valence-corrected chi connectivity index (χ0v) is 12.2. The van der Waals surface area contributed by atoms with Crippen LogP contribution in [0.25, 0.3) is 0 Å². The maximum absolute atomic E-state index is 12.0. The Morgan fingerprint density at radius 2 is 2.14 bits per heavy atom. The molecule has 0 spiro atoms. The van der Waals surface area contributed by atoms with E-state index < -0.39 is 12.1 Å². The molecule has 1 aromatic carbocycles. The number of primary amides is 1. The van der Waals surface area contributed by atoms with Crippen molar-refractivity contribution in [3.63, 3.8) is 0 Å². The molecule has 2 aromatic rings. The van der Waals surface area contributed by atoms with Gasteiger partial charge in [-0.2, -0.15) is 10.1 Å². The molecule has 0 bridgehead atoms. The first-order valence-electron chi connectivity index (χ1n) is 6.28. The number of halogens is 1. The molecule has 112 valence electrons. The van der Waals surface area contributed by atoms with E-state index in [0.717, 1.165) is 10.3 Å². The van der Waals surface area contributed by atoms with Gasteiger partial charge < -0.3 is 5.73 Å². The second kappa shape index (κ2) is 7.28. The normalized spacial score (nSPS) is 11.0. The lowest BCUT2D eigenvalue weighted by Gasteiger charge is -2.02. The average molecular weight is 319 g/mol. The third kappa shape index (κ3) is 4.35. The van der Waals surface area contributed by atoms with Crippen LogP contribution in [-0.4, -0.2) is 21.7 Å². The number of amides is 4. The Morgan fingerprint density at radius 1 is 1.32 bits per heavy atom. The summed E-state index contributed by atoms with van der Waals surface area (Å²) in [6.07, 6.45) is 3.27. The van der Waals surface area contributed by atoms with E-state index in [0.29, 0.717) is 10.7 Å². The molecule has 0 atom stereocenters. The fourth-order valence-electron chi connectivity index (χ4n) is 1.67. The van der Waals surface area contributed by atoms with E-state index >= 15 is 0 Å². The van der Waals surface area contributed by atoms with Crippen molar-refractivity contribution in [3.05, 3.63) is 59.4 Å². The number of benzene rings is 1. The molecule has 0 radical (unpaired) electrons. The lowest BCUT2D eigenvalue weighted by atomic mass is 10.3. The molecule has 8 heteroatoms. The van der Waals surface area contributed by atoms with E-state index in [1.165, 1.54) is 0 Å². The summed E-state index contributed by atoms with van der Waals surface area (Å²) in [6, 6.07) is 8.37.